The molecule has 0 saturated heterocycles. The first-order chi connectivity index (χ1) is 8.51. The molecule has 18 heavy (non-hydrogen) atoms. The van der Waals surface area contributed by atoms with Crippen LogP contribution < -0.4 is 5.73 Å². The number of nitrogens with zero attached hydrogens (tertiary/aromatic N) is 2. The largest absolute Gasteiger partial charge is 0.324 e. The average Bonchev–Trinajstić information content (AvgIpc) is 2.64. The Balaban J connectivity index is 2.27. The fraction of sp³-hybridized carbons (Fsp3) is 0.500. The molecule has 0 unspecified atom stereocenters. The Labute approximate surface area is 106 Å². The molecule has 3 rings (SSSR count). The van der Waals surface area contributed by atoms with Crippen molar-refractivity contribution in [3.8, 4) is 0 Å². The van der Waals surface area contributed by atoms with Crippen LogP contribution in [0.3, 0.4) is 0 Å². The molecule has 0 radical (unpaired) electrons. The second kappa shape index (κ2) is 3.79. The van der Waals surface area contributed by atoms with E-state index in [2.05, 4.69) is 23.4 Å². The van der Waals surface area contributed by atoms with E-state index in [1.54, 1.807) is 6.07 Å². The van der Waals surface area contributed by atoms with Gasteiger partial charge in [0.05, 0.1) is 16.6 Å². The van der Waals surface area contributed by atoms with E-state index in [0.29, 0.717) is 5.52 Å². The number of halogens is 1. The van der Waals surface area contributed by atoms with Crippen molar-refractivity contribution >= 4 is 11.0 Å². The van der Waals surface area contributed by atoms with Crippen LogP contribution in [0.1, 0.15) is 45.0 Å². The second-order valence-electron chi connectivity index (χ2n) is 5.54. The summed E-state index contributed by atoms with van der Waals surface area (Å²) >= 11 is 0. The van der Waals surface area contributed by atoms with Crippen LogP contribution in [0.4, 0.5) is 4.39 Å². The van der Waals surface area contributed by atoms with Gasteiger partial charge in [-0.05, 0) is 45.2 Å². The van der Waals surface area contributed by atoms with Gasteiger partial charge in [0.15, 0.2) is 0 Å². The van der Waals surface area contributed by atoms with Gasteiger partial charge in [-0.3, -0.25) is 0 Å². The minimum absolute atomic E-state index is 0.248. The Morgan fingerprint density at radius 1 is 1.39 bits per heavy atom. The van der Waals surface area contributed by atoms with Gasteiger partial charge in [-0.2, -0.15) is 0 Å². The van der Waals surface area contributed by atoms with Crippen LogP contribution >= 0.6 is 0 Å². The first-order valence-electron chi connectivity index (χ1n) is 6.48. The zero-order valence-corrected chi connectivity index (χ0v) is 10.8. The first kappa shape index (κ1) is 11.7. The number of rotatable bonds is 2. The van der Waals surface area contributed by atoms with Crippen LogP contribution in [0.15, 0.2) is 18.2 Å². The van der Waals surface area contributed by atoms with Crippen molar-refractivity contribution < 1.29 is 4.39 Å². The number of imidazole rings is 1. The summed E-state index contributed by atoms with van der Waals surface area (Å²) in [5, 5.41) is 0. The van der Waals surface area contributed by atoms with Crippen molar-refractivity contribution in [2.45, 2.75) is 44.7 Å². The molecule has 0 spiro atoms. The SMILES string of the molecule is CC(C)n1c(C2(N)CCC2)nc2cc(F)ccc21. The summed E-state index contributed by atoms with van der Waals surface area (Å²) in [5.74, 6) is 0.659. The molecule has 1 aliphatic carbocycles. The van der Waals surface area contributed by atoms with E-state index < -0.39 is 0 Å². The molecule has 1 saturated carbocycles. The zero-order valence-electron chi connectivity index (χ0n) is 10.8. The summed E-state index contributed by atoms with van der Waals surface area (Å²) in [5.41, 5.74) is 7.74. The molecule has 2 aromatic rings. The lowest BCUT2D eigenvalue weighted by Crippen LogP contribution is -2.45. The van der Waals surface area contributed by atoms with Crippen molar-refractivity contribution in [1.82, 2.24) is 9.55 Å². The van der Waals surface area contributed by atoms with Crippen LogP contribution in [-0.2, 0) is 5.54 Å². The molecule has 1 aromatic carbocycles. The maximum Gasteiger partial charge on any atom is 0.130 e. The number of hydrogen-bond acceptors (Lipinski definition) is 2. The quantitative estimate of drug-likeness (QED) is 0.886. The minimum atomic E-state index is -0.320. The van der Waals surface area contributed by atoms with Crippen molar-refractivity contribution in [2.24, 2.45) is 5.73 Å². The van der Waals surface area contributed by atoms with Crippen LogP contribution in [0.5, 0.6) is 0 Å². The highest BCUT2D eigenvalue weighted by Gasteiger charge is 2.39. The van der Waals surface area contributed by atoms with Crippen molar-refractivity contribution in [2.75, 3.05) is 0 Å². The molecule has 4 heteroatoms. The Kier molecular flexibility index (Phi) is 2.45. The van der Waals surface area contributed by atoms with E-state index in [0.717, 1.165) is 30.6 Å². The summed E-state index contributed by atoms with van der Waals surface area (Å²) in [6.07, 6.45) is 3.07. The van der Waals surface area contributed by atoms with Crippen molar-refractivity contribution in [3.63, 3.8) is 0 Å². The number of benzene rings is 1. The number of aromatic nitrogens is 2. The van der Waals surface area contributed by atoms with Crippen LogP contribution in [-0.4, -0.2) is 9.55 Å². The summed E-state index contributed by atoms with van der Waals surface area (Å²) in [6.45, 7) is 4.21. The topological polar surface area (TPSA) is 43.8 Å². The molecule has 2 N–H and O–H groups in total. The standard InChI is InChI=1S/C14H18FN3/c1-9(2)18-12-5-4-10(15)8-11(12)17-13(18)14(16)6-3-7-14/h4-5,8-9H,3,6-7,16H2,1-2H3. The molecule has 1 fully saturated rings. The van der Waals surface area contributed by atoms with Gasteiger partial charge in [-0.1, -0.05) is 0 Å². The molecule has 0 amide bonds. The third-order valence-electron chi connectivity index (χ3n) is 3.86. The highest BCUT2D eigenvalue weighted by Crippen LogP contribution is 2.40. The lowest BCUT2D eigenvalue weighted by molar-refractivity contribution is 0.228. The van der Waals surface area contributed by atoms with Gasteiger partial charge in [0.25, 0.3) is 0 Å². The van der Waals surface area contributed by atoms with E-state index in [4.69, 9.17) is 5.73 Å². The van der Waals surface area contributed by atoms with E-state index >= 15 is 0 Å². The minimum Gasteiger partial charge on any atom is -0.324 e. The summed E-state index contributed by atoms with van der Waals surface area (Å²) in [4.78, 5) is 4.59. The molecule has 0 bridgehead atoms. The lowest BCUT2D eigenvalue weighted by atomic mass is 9.77. The fourth-order valence-corrected chi connectivity index (χ4v) is 2.73. The molecule has 0 atom stereocenters. The summed E-state index contributed by atoms with van der Waals surface area (Å²) in [7, 11) is 0. The molecule has 1 heterocycles. The van der Waals surface area contributed by atoms with Gasteiger partial charge in [0.1, 0.15) is 11.6 Å². The van der Waals surface area contributed by atoms with Gasteiger partial charge >= 0.3 is 0 Å². The monoisotopic (exact) mass is 247 g/mol. The molecule has 0 aliphatic heterocycles. The van der Waals surface area contributed by atoms with Gasteiger partial charge in [0.2, 0.25) is 0 Å². The number of nitrogens with two attached hydrogens (primary N) is 1. The maximum absolute atomic E-state index is 13.3. The average molecular weight is 247 g/mol. The Hall–Kier alpha value is -1.42. The van der Waals surface area contributed by atoms with E-state index in [-0.39, 0.29) is 17.4 Å². The van der Waals surface area contributed by atoms with Crippen molar-refractivity contribution in [1.29, 1.82) is 0 Å². The normalized spacial score (nSPS) is 18.3. The second-order valence-corrected chi connectivity index (χ2v) is 5.54. The molecule has 1 aromatic heterocycles. The molecular weight excluding hydrogens is 229 g/mol. The molecular formula is C14H18FN3. The van der Waals surface area contributed by atoms with E-state index in [1.165, 1.54) is 12.1 Å². The first-order valence-corrected chi connectivity index (χ1v) is 6.48. The summed E-state index contributed by atoms with van der Waals surface area (Å²) < 4.78 is 15.4. The van der Waals surface area contributed by atoms with Crippen LogP contribution in [0.2, 0.25) is 0 Å². The van der Waals surface area contributed by atoms with Crippen LogP contribution in [0.25, 0.3) is 11.0 Å². The predicted octanol–water partition coefficient (Wildman–Crippen LogP) is 3.09. The van der Waals surface area contributed by atoms with Gasteiger partial charge in [0, 0.05) is 12.1 Å². The zero-order chi connectivity index (χ0) is 12.9. The number of fused-ring (bicyclic) bond motifs is 1. The number of hydrogen-bond donors (Lipinski definition) is 1. The Morgan fingerprint density at radius 3 is 2.67 bits per heavy atom. The third-order valence-corrected chi connectivity index (χ3v) is 3.86. The molecule has 3 nitrogen and oxygen atoms in total. The smallest absolute Gasteiger partial charge is 0.130 e. The maximum atomic E-state index is 13.3. The predicted molar refractivity (Wildman–Crippen MR) is 69.8 cm³/mol. The van der Waals surface area contributed by atoms with Gasteiger partial charge in [-0.15, -0.1) is 0 Å². The Morgan fingerprint density at radius 2 is 2.11 bits per heavy atom. The Bertz CT molecular complexity index is 596. The highest BCUT2D eigenvalue weighted by molar-refractivity contribution is 5.76. The summed E-state index contributed by atoms with van der Waals surface area (Å²) in [6, 6.07) is 5.04. The molecule has 1 aliphatic rings. The molecule has 96 valence electrons. The van der Waals surface area contributed by atoms with Crippen LogP contribution in [0, 0.1) is 5.82 Å². The van der Waals surface area contributed by atoms with E-state index in [9.17, 15) is 4.39 Å². The van der Waals surface area contributed by atoms with Gasteiger partial charge in [-0.25, -0.2) is 9.37 Å². The highest BCUT2D eigenvalue weighted by atomic mass is 19.1. The van der Waals surface area contributed by atoms with Gasteiger partial charge < -0.3 is 10.3 Å². The fourth-order valence-electron chi connectivity index (χ4n) is 2.73. The van der Waals surface area contributed by atoms with E-state index in [1.807, 2.05) is 0 Å². The van der Waals surface area contributed by atoms with Crippen molar-refractivity contribution in [3.05, 3.63) is 29.8 Å². The lowest BCUT2D eigenvalue weighted by Gasteiger charge is -2.38. The third kappa shape index (κ3) is 1.56.